The maximum atomic E-state index is 5.87. The number of fused-ring (bicyclic) bond motifs is 1. The largest absolute Gasteiger partial charge is 0.370 e. The summed E-state index contributed by atoms with van der Waals surface area (Å²) in [7, 11) is 0. The number of halogens is 1. The molecule has 0 saturated carbocycles. The molecule has 0 amide bonds. The summed E-state index contributed by atoms with van der Waals surface area (Å²) in [5.41, 5.74) is 7.74. The minimum atomic E-state index is 0. The highest BCUT2D eigenvalue weighted by atomic mass is 127. The van der Waals surface area contributed by atoms with E-state index in [4.69, 9.17) is 5.73 Å². The van der Waals surface area contributed by atoms with Gasteiger partial charge >= 0.3 is 0 Å². The molecule has 0 radical (unpaired) electrons. The fourth-order valence-electron chi connectivity index (χ4n) is 2.26. The van der Waals surface area contributed by atoms with Crippen LogP contribution < -0.4 is 11.1 Å². The Hall–Kier alpha value is -2.23. The molecule has 0 atom stereocenters. The van der Waals surface area contributed by atoms with E-state index in [1.165, 1.54) is 0 Å². The van der Waals surface area contributed by atoms with Gasteiger partial charge in [0.25, 0.3) is 0 Å². The zero-order chi connectivity index (χ0) is 15.9. The fraction of sp³-hybridized carbons (Fsp3) is 0.250. The predicted molar refractivity (Wildman–Crippen MR) is 105 cm³/mol. The summed E-state index contributed by atoms with van der Waals surface area (Å²) in [5.74, 6) is 1.32. The van der Waals surface area contributed by atoms with Crippen molar-refractivity contribution < 1.29 is 0 Å². The minimum absolute atomic E-state index is 0. The van der Waals surface area contributed by atoms with Gasteiger partial charge in [0.05, 0.1) is 0 Å². The van der Waals surface area contributed by atoms with Crippen molar-refractivity contribution in [2.75, 3.05) is 13.1 Å². The third-order valence-electron chi connectivity index (χ3n) is 3.42. The van der Waals surface area contributed by atoms with Crippen LogP contribution in [0.2, 0.25) is 0 Å². The molecular formula is C16H20IN7. The Kier molecular flexibility index (Phi) is 6.91. The van der Waals surface area contributed by atoms with E-state index in [1.54, 1.807) is 6.20 Å². The number of nitrogens with zero attached hydrogens (tertiary/aromatic N) is 5. The molecule has 0 aliphatic carbocycles. The van der Waals surface area contributed by atoms with Crippen LogP contribution in [0.15, 0.2) is 53.8 Å². The highest BCUT2D eigenvalue weighted by molar-refractivity contribution is 14.0. The minimum Gasteiger partial charge on any atom is -0.370 e. The molecule has 0 fully saturated rings. The lowest BCUT2D eigenvalue weighted by Gasteiger charge is -2.05. The average molecular weight is 437 g/mol. The Labute approximate surface area is 157 Å². The Bertz CT molecular complexity index is 785. The number of nitrogens with one attached hydrogen (secondary N) is 1. The van der Waals surface area contributed by atoms with Crippen LogP contribution in [0.25, 0.3) is 5.65 Å². The Morgan fingerprint density at radius 1 is 1.12 bits per heavy atom. The second-order valence-corrected chi connectivity index (χ2v) is 5.06. The van der Waals surface area contributed by atoms with Crippen LogP contribution in [-0.4, -0.2) is 38.6 Å². The average Bonchev–Trinajstić information content (AvgIpc) is 2.99. The summed E-state index contributed by atoms with van der Waals surface area (Å²) in [6.45, 7) is 1.28. The maximum Gasteiger partial charge on any atom is 0.188 e. The lowest BCUT2D eigenvalue weighted by molar-refractivity contribution is 0.811. The van der Waals surface area contributed by atoms with E-state index in [2.05, 4.69) is 25.5 Å². The molecule has 0 aromatic carbocycles. The second kappa shape index (κ2) is 9.16. The molecule has 0 saturated heterocycles. The van der Waals surface area contributed by atoms with E-state index >= 15 is 0 Å². The first-order chi connectivity index (χ1) is 11.3. The van der Waals surface area contributed by atoms with E-state index in [-0.39, 0.29) is 24.0 Å². The molecule has 0 aliphatic rings. The number of nitrogens with two attached hydrogens (primary N) is 1. The summed E-state index contributed by atoms with van der Waals surface area (Å²) < 4.78 is 1.96. The smallest absolute Gasteiger partial charge is 0.188 e. The standard InChI is InChI=1S/C16H19N7.HI/c17-16(19-10-7-13-5-1-3-9-18-13)20-11-8-15-22-21-14-6-2-4-12-23(14)15;/h1-6,9,12H,7-8,10-11H2,(H3,17,19,20);1H. The van der Waals surface area contributed by atoms with Crippen molar-refractivity contribution in [1.82, 2.24) is 24.9 Å². The van der Waals surface area contributed by atoms with Gasteiger partial charge in [0.2, 0.25) is 0 Å². The van der Waals surface area contributed by atoms with Crippen molar-refractivity contribution in [3.63, 3.8) is 0 Å². The number of aliphatic imine (C=N–C) groups is 1. The lowest BCUT2D eigenvalue weighted by atomic mass is 10.3. The molecule has 24 heavy (non-hydrogen) atoms. The molecular weight excluding hydrogens is 417 g/mol. The zero-order valence-electron chi connectivity index (χ0n) is 13.2. The van der Waals surface area contributed by atoms with Gasteiger partial charge in [0.1, 0.15) is 5.82 Å². The molecule has 0 bridgehead atoms. The highest BCUT2D eigenvalue weighted by Gasteiger charge is 2.03. The van der Waals surface area contributed by atoms with Gasteiger partial charge in [-0.25, -0.2) is 0 Å². The number of hydrogen-bond acceptors (Lipinski definition) is 4. The second-order valence-electron chi connectivity index (χ2n) is 5.06. The van der Waals surface area contributed by atoms with Crippen LogP contribution in [0.5, 0.6) is 0 Å². The molecule has 3 rings (SSSR count). The Morgan fingerprint density at radius 2 is 2.00 bits per heavy atom. The van der Waals surface area contributed by atoms with Crippen LogP contribution in [0, 0.1) is 0 Å². The predicted octanol–water partition coefficient (Wildman–Crippen LogP) is 1.43. The van der Waals surface area contributed by atoms with Gasteiger partial charge in [0, 0.05) is 44.0 Å². The third kappa shape index (κ3) is 4.88. The number of aromatic nitrogens is 4. The molecule has 7 nitrogen and oxygen atoms in total. The van der Waals surface area contributed by atoms with Crippen LogP contribution in [-0.2, 0) is 12.8 Å². The maximum absolute atomic E-state index is 5.87. The fourth-order valence-corrected chi connectivity index (χ4v) is 2.26. The monoisotopic (exact) mass is 437 g/mol. The van der Waals surface area contributed by atoms with Crippen molar-refractivity contribution in [1.29, 1.82) is 0 Å². The first kappa shape index (κ1) is 18.1. The molecule has 8 heteroatoms. The lowest BCUT2D eigenvalue weighted by Crippen LogP contribution is -2.33. The van der Waals surface area contributed by atoms with E-state index in [0.717, 1.165) is 23.6 Å². The molecule has 3 aromatic rings. The summed E-state index contributed by atoms with van der Waals surface area (Å²) >= 11 is 0. The molecule has 126 valence electrons. The normalized spacial score (nSPS) is 11.2. The summed E-state index contributed by atoms with van der Waals surface area (Å²) in [6, 6.07) is 11.7. The van der Waals surface area contributed by atoms with E-state index in [1.807, 2.05) is 47.0 Å². The quantitative estimate of drug-likeness (QED) is 0.346. The van der Waals surface area contributed by atoms with Crippen molar-refractivity contribution >= 4 is 35.6 Å². The third-order valence-corrected chi connectivity index (χ3v) is 3.42. The van der Waals surface area contributed by atoms with Gasteiger partial charge in [-0.05, 0) is 24.3 Å². The SMILES string of the molecule is I.NC(=NCCc1nnc2ccccn12)NCCc1ccccn1. The molecule has 3 heterocycles. The number of rotatable bonds is 6. The summed E-state index contributed by atoms with van der Waals surface area (Å²) in [6.07, 6.45) is 5.23. The van der Waals surface area contributed by atoms with Gasteiger partial charge in [-0.2, -0.15) is 0 Å². The van der Waals surface area contributed by atoms with Crippen LogP contribution in [0.3, 0.4) is 0 Å². The molecule has 3 N–H and O–H groups in total. The Morgan fingerprint density at radius 3 is 2.83 bits per heavy atom. The van der Waals surface area contributed by atoms with Crippen LogP contribution in [0.1, 0.15) is 11.5 Å². The van der Waals surface area contributed by atoms with Crippen molar-refractivity contribution in [2.24, 2.45) is 10.7 Å². The van der Waals surface area contributed by atoms with Crippen molar-refractivity contribution in [3.05, 3.63) is 60.3 Å². The Balaban J connectivity index is 0.00000208. The first-order valence-corrected chi connectivity index (χ1v) is 7.55. The van der Waals surface area contributed by atoms with E-state index in [0.29, 0.717) is 25.5 Å². The number of hydrogen-bond donors (Lipinski definition) is 2. The summed E-state index contributed by atoms with van der Waals surface area (Å²) in [4.78, 5) is 8.58. The summed E-state index contributed by atoms with van der Waals surface area (Å²) in [5, 5.41) is 11.4. The van der Waals surface area contributed by atoms with Gasteiger partial charge in [-0.3, -0.25) is 14.4 Å². The topological polar surface area (TPSA) is 93.5 Å². The number of pyridine rings is 2. The molecule has 0 unspecified atom stereocenters. The molecule has 0 aliphatic heterocycles. The van der Waals surface area contributed by atoms with Crippen molar-refractivity contribution in [3.8, 4) is 0 Å². The molecule has 0 spiro atoms. The van der Waals surface area contributed by atoms with Gasteiger partial charge in [-0.1, -0.05) is 12.1 Å². The van der Waals surface area contributed by atoms with E-state index in [9.17, 15) is 0 Å². The van der Waals surface area contributed by atoms with Gasteiger partial charge in [-0.15, -0.1) is 34.2 Å². The van der Waals surface area contributed by atoms with Gasteiger partial charge in [0.15, 0.2) is 11.6 Å². The van der Waals surface area contributed by atoms with Crippen molar-refractivity contribution in [2.45, 2.75) is 12.8 Å². The zero-order valence-corrected chi connectivity index (χ0v) is 15.5. The van der Waals surface area contributed by atoms with Crippen LogP contribution in [0.4, 0.5) is 0 Å². The van der Waals surface area contributed by atoms with E-state index < -0.39 is 0 Å². The van der Waals surface area contributed by atoms with Gasteiger partial charge < -0.3 is 11.1 Å². The highest BCUT2D eigenvalue weighted by Crippen LogP contribution is 2.03. The van der Waals surface area contributed by atoms with Crippen LogP contribution >= 0.6 is 24.0 Å². The number of guanidine groups is 1. The molecule has 3 aromatic heterocycles. The first-order valence-electron chi connectivity index (χ1n) is 7.55.